The van der Waals surface area contributed by atoms with Gasteiger partial charge in [0.15, 0.2) is 5.78 Å². The van der Waals surface area contributed by atoms with Gasteiger partial charge < -0.3 is 10.6 Å². The molecular weight excluding hydrogens is 378 g/mol. The Morgan fingerprint density at radius 1 is 1.20 bits per heavy atom. The number of ketones is 1. The fourth-order valence-electron chi connectivity index (χ4n) is 4.42. The van der Waals surface area contributed by atoms with Crippen LogP contribution < -0.4 is 10.6 Å². The molecule has 0 spiro atoms. The molecule has 1 aliphatic heterocycles. The predicted octanol–water partition coefficient (Wildman–Crippen LogP) is 3.06. The fraction of sp³-hybridized carbons (Fsp3) is 0.250. The normalized spacial score (nSPS) is 22.2. The topological polar surface area (TPSA) is 88.2 Å². The SMILES string of the molecule is CNC(=O)C1(c2ccc3c(c2)CCC(=O)N3)C=CC=CC1c1cccnc1C(C)=O. The lowest BCUT2D eigenvalue weighted by Gasteiger charge is -2.38. The Morgan fingerprint density at radius 2 is 2.03 bits per heavy atom. The van der Waals surface area contributed by atoms with Gasteiger partial charge in [0, 0.05) is 38.2 Å². The van der Waals surface area contributed by atoms with Gasteiger partial charge in [-0.2, -0.15) is 0 Å². The van der Waals surface area contributed by atoms with Gasteiger partial charge in [-0.05, 0) is 35.2 Å². The molecule has 1 aromatic heterocycles. The molecule has 0 radical (unpaired) electrons. The third kappa shape index (κ3) is 3.14. The summed E-state index contributed by atoms with van der Waals surface area (Å²) in [7, 11) is 1.61. The van der Waals surface area contributed by atoms with E-state index in [-0.39, 0.29) is 17.6 Å². The Labute approximate surface area is 175 Å². The highest BCUT2D eigenvalue weighted by atomic mass is 16.2. The van der Waals surface area contributed by atoms with E-state index < -0.39 is 11.3 Å². The minimum Gasteiger partial charge on any atom is -0.358 e. The summed E-state index contributed by atoms with van der Waals surface area (Å²) in [4.78, 5) is 41.7. The number of hydrogen-bond donors (Lipinski definition) is 2. The van der Waals surface area contributed by atoms with Gasteiger partial charge in [0.2, 0.25) is 11.8 Å². The average Bonchev–Trinajstić information content (AvgIpc) is 2.78. The predicted molar refractivity (Wildman–Crippen MR) is 114 cm³/mol. The molecule has 1 aliphatic carbocycles. The van der Waals surface area contributed by atoms with Crippen molar-refractivity contribution in [1.82, 2.24) is 10.3 Å². The Bertz CT molecular complexity index is 1100. The van der Waals surface area contributed by atoms with Crippen molar-refractivity contribution in [3.05, 3.63) is 83.2 Å². The molecule has 2 unspecified atom stereocenters. The van der Waals surface area contributed by atoms with Crippen LogP contribution in [0, 0.1) is 0 Å². The number of aromatic nitrogens is 1. The molecule has 2 aromatic rings. The Kier molecular flexibility index (Phi) is 5.08. The third-order valence-electron chi connectivity index (χ3n) is 5.85. The number of hydrogen-bond acceptors (Lipinski definition) is 4. The van der Waals surface area contributed by atoms with Crippen LogP contribution in [0.25, 0.3) is 0 Å². The standard InChI is InChI=1S/C24H23N3O3/c1-15(28)22-18(6-5-13-26-22)19-7-3-4-12-24(19,23(30)25-2)17-9-10-20-16(14-17)8-11-21(29)27-20/h3-7,9-10,12-14,19H,8,11H2,1-2H3,(H,25,30)(H,27,29). The van der Waals surface area contributed by atoms with Crippen molar-refractivity contribution < 1.29 is 14.4 Å². The molecule has 0 saturated heterocycles. The highest BCUT2D eigenvalue weighted by Crippen LogP contribution is 2.45. The Balaban J connectivity index is 1.93. The maximum absolute atomic E-state index is 13.4. The largest absolute Gasteiger partial charge is 0.358 e. The lowest BCUT2D eigenvalue weighted by atomic mass is 9.64. The van der Waals surface area contributed by atoms with Crippen LogP contribution in [0.5, 0.6) is 0 Å². The Hall–Kier alpha value is -3.54. The molecular formula is C24H23N3O3. The van der Waals surface area contributed by atoms with Crippen LogP contribution >= 0.6 is 0 Å². The lowest BCUT2D eigenvalue weighted by Crippen LogP contribution is -2.47. The van der Waals surface area contributed by atoms with E-state index in [9.17, 15) is 14.4 Å². The van der Waals surface area contributed by atoms with Crippen LogP contribution in [-0.2, 0) is 21.4 Å². The summed E-state index contributed by atoms with van der Waals surface area (Å²) in [5.74, 6) is -0.735. The van der Waals surface area contributed by atoms with E-state index in [1.807, 2.05) is 48.6 Å². The number of fused-ring (bicyclic) bond motifs is 1. The second-order valence-corrected chi connectivity index (χ2v) is 7.59. The number of anilines is 1. The summed E-state index contributed by atoms with van der Waals surface area (Å²) in [6.45, 7) is 1.48. The van der Waals surface area contributed by atoms with Crippen molar-refractivity contribution in [2.75, 3.05) is 12.4 Å². The molecule has 2 heterocycles. The molecule has 6 heteroatoms. The number of aryl methyl sites for hydroxylation is 1. The lowest BCUT2D eigenvalue weighted by molar-refractivity contribution is -0.125. The summed E-state index contributed by atoms with van der Waals surface area (Å²) in [6.07, 6.45) is 10.2. The summed E-state index contributed by atoms with van der Waals surface area (Å²) in [6, 6.07) is 9.36. The number of carbonyl (C=O) groups excluding carboxylic acids is 3. The first-order valence-electron chi connectivity index (χ1n) is 9.94. The number of nitrogens with one attached hydrogen (secondary N) is 2. The highest BCUT2D eigenvalue weighted by molar-refractivity contribution is 5.97. The van der Waals surface area contributed by atoms with E-state index in [0.29, 0.717) is 24.1 Å². The number of rotatable bonds is 4. The van der Waals surface area contributed by atoms with Crippen LogP contribution in [0.4, 0.5) is 5.69 Å². The van der Waals surface area contributed by atoms with Crippen molar-refractivity contribution in [1.29, 1.82) is 0 Å². The summed E-state index contributed by atoms with van der Waals surface area (Å²) < 4.78 is 0. The quantitative estimate of drug-likeness (QED) is 0.771. The van der Waals surface area contributed by atoms with Crippen molar-refractivity contribution in [2.45, 2.75) is 31.1 Å². The number of allylic oxidation sites excluding steroid dienone is 3. The van der Waals surface area contributed by atoms with Crippen LogP contribution in [-0.4, -0.2) is 29.6 Å². The first kappa shape index (κ1) is 19.8. The Morgan fingerprint density at radius 3 is 2.80 bits per heavy atom. The summed E-state index contributed by atoms with van der Waals surface area (Å²) in [5, 5.41) is 5.70. The number of Topliss-reactive ketones (excluding diaryl/α,β-unsaturated/α-hetero) is 1. The highest BCUT2D eigenvalue weighted by Gasteiger charge is 2.46. The first-order valence-corrected chi connectivity index (χ1v) is 9.94. The molecule has 30 heavy (non-hydrogen) atoms. The number of nitrogens with zero attached hydrogens (tertiary/aromatic N) is 1. The molecule has 152 valence electrons. The fourth-order valence-corrected chi connectivity index (χ4v) is 4.42. The van der Waals surface area contributed by atoms with E-state index in [1.54, 1.807) is 19.3 Å². The molecule has 2 atom stereocenters. The molecule has 4 rings (SSSR count). The van der Waals surface area contributed by atoms with E-state index in [1.165, 1.54) is 6.92 Å². The summed E-state index contributed by atoms with van der Waals surface area (Å²) >= 11 is 0. The average molecular weight is 401 g/mol. The number of amides is 2. The van der Waals surface area contributed by atoms with E-state index in [2.05, 4.69) is 15.6 Å². The zero-order valence-electron chi connectivity index (χ0n) is 16.9. The number of likely N-dealkylation sites (N-methyl/N-ethyl adjacent to an activating group) is 1. The van der Waals surface area contributed by atoms with Gasteiger partial charge in [-0.25, -0.2) is 0 Å². The third-order valence-corrected chi connectivity index (χ3v) is 5.85. The molecule has 2 N–H and O–H groups in total. The van der Waals surface area contributed by atoms with E-state index in [4.69, 9.17) is 0 Å². The van der Waals surface area contributed by atoms with Gasteiger partial charge in [0.05, 0.1) is 0 Å². The molecule has 1 aromatic carbocycles. The molecule has 6 nitrogen and oxygen atoms in total. The monoisotopic (exact) mass is 401 g/mol. The molecule has 2 aliphatic rings. The van der Waals surface area contributed by atoms with Gasteiger partial charge in [-0.3, -0.25) is 19.4 Å². The minimum atomic E-state index is -1.05. The smallest absolute Gasteiger partial charge is 0.235 e. The van der Waals surface area contributed by atoms with Crippen LogP contribution in [0.3, 0.4) is 0 Å². The number of benzene rings is 1. The van der Waals surface area contributed by atoms with Crippen LogP contribution in [0.1, 0.15) is 46.4 Å². The van der Waals surface area contributed by atoms with Gasteiger partial charge in [-0.15, -0.1) is 0 Å². The van der Waals surface area contributed by atoms with Crippen LogP contribution in [0.2, 0.25) is 0 Å². The van der Waals surface area contributed by atoms with Crippen molar-refractivity contribution in [3.8, 4) is 0 Å². The van der Waals surface area contributed by atoms with Crippen molar-refractivity contribution >= 4 is 23.3 Å². The second kappa shape index (κ2) is 7.71. The second-order valence-electron chi connectivity index (χ2n) is 7.59. The number of pyridine rings is 1. The van der Waals surface area contributed by atoms with E-state index in [0.717, 1.165) is 16.8 Å². The first-order chi connectivity index (χ1) is 14.5. The van der Waals surface area contributed by atoms with Gasteiger partial charge >= 0.3 is 0 Å². The zero-order chi connectivity index (χ0) is 21.3. The summed E-state index contributed by atoms with van der Waals surface area (Å²) in [5.41, 5.74) is 2.60. The molecule has 0 bridgehead atoms. The van der Waals surface area contributed by atoms with Gasteiger partial charge in [-0.1, -0.05) is 42.5 Å². The van der Waals surface area contributed by atoms with Gasteiger partial charge in [0.1, 0.15) is 11.1 Å². The van der Waals surface area contributed by atoms with Crippen molar-refractivity contribution in [2.24, 2.45) is 0 Å². The van der Waals surface area contributed by atoms with E-state index >= 15 is 0 Å². The molecule has 0 saturated carbocycles. The molecule has 2 amide bonds. The van der Waals surface area contributed by atoms with Crippen molar-refractivity contribution in [3.63, 3.8) is 0 Å². The van der Waals surface area contributed by atoms with Crippen LogP contribution in [0.15, 0.2) is 60.8 Å². The number of carbonyl (C=O) groups is 3. The minimum absolute atomic E-state index is 0.00361. The molecule has 0 fully saturated rings. The zero-order valence-corrected chi connectivity index (χ0v) is 16.9. The maximum Gasteiger partial charge on any atom is 0.235 e. The maximum atomic E-state index is 13.4. The van der Waals surface area contributed by atoms with Gasteiger partial charge in [0.25, 0.3) is 0 Å².